The van der Waals surface area contributed by atoms with E-state index in [-0.39, 0.29) is 12.0 Å². The molecular formula is C23H27NO2. The van der Waals surface area contributed by atoms with Crippen molar-refractivity contribution in [1.29, 1.82) is 0 Å². The summed E-state index contributed by atoms with van der Waals surface area (Å²) < 4.78 is 5.43. The van der Waals surface area contributed by atoms with Crippen molar-refractivity contribution in [2.24, 2.45) is 0 Å². The zero-order valence-corrected chi connectivity index (χ0v) is 15.7. The van der Waals surface area contributed by atoms with Crippen LogP contribution in [0.1, 0.15) is 37.8 Å². The molecule has 0 heterocycles. The fourth-order valence-corrected chi connectivity index (χ4v) is 2.65. The summed E-state index contributed by atoms with van der Waals surface area (Å²) in [4.78, 5) is 12.3. The number of rotatable bonds is 6. The normalized spacial score (nSPS) is 13.8. The van der Waals surface area contributed by atoms with Crippen molar-refractivity contribution in [2.45, 2.75) is 38.3 Å². The molecule has 0 aromatic heterocycles. The third-order valence-corrected chi connectivity index (χ3v) is 3.80. The summed E-state index contributed by atoms with van der Waals surface area (Å²) in [7, 11) is 0. The summed E-state index contributed by atoms with van der Waals surface area (Å²) in [6.07, 6.45) is 5.40. The van der Waals surface area contributed by atoms with Crippen LogP contribution < -0.4 is 5.32 Å². The van der Waals surface area contributed by atoms with Crippen LogP contribution >= 0.6 is 0 Å². The van der Waals surface area contributed by atoms with Gasteiger partial charge < -0.3 is 10.1 Å². The Balaban J connectivity index is 2.26. The van der Waals surface area contributed by atoms with Gasteiger partial charge in [-0.15, -0.1) is 6.58 Å². The van der Waals surface area contributed by atoms with Crippen molar-refractivity contribution in [1.82, 2.24) is 5.32 Å². The maximum Gasteiger partial charge on any atom is 0.408 e. The molecule has 1 N–H and O–H groups in total. The van der Waals surface area contributed by atoms with Crippen LogP contribution in [-0.2, 0) is 4.74 Å². The minimum atomic E-state index is -0.547. The Labute approximate surface area is 156 Å². The second-order valence-corrected chi connectivity index (χ2v) is 7.11. The van der Waals surface area contributed by atoms with Crippen LogP contribution in [0.4, 0.5) is 4.79 Å². The number of amides is 1. The molecule has 2 atom stereocenters. The number of nitrogens with one attached hydrogen (secondary N) is 1. The van der Waals surface area contributed by atoms with Crippen LogP contribution in [0.3, 0.4) is 0 Å². The first-order valence-corrected chi connectivity index (χ1v) is 8.79. The molecule has 2 aromatic rings. The van der Waals surface area contributed by atoms with Gasteiger partial charge in [0.1, 0.15) is 5.60 Å². The van der Waals surface area contributed by atoms with Gasteiger partial charge in [0.25, 0.3) is 0 Å². The van der Waals surface area contributed by atoms with E-state index in [4.69, 9.17) is 4.74 Å². The van der Waals surface area contributed by atoms with Crippen LogP contribution in [0.5, 0.6) is 0 Å². The lowest BCUT2D eigenvalue weighted by molar-refractivity contribution is 0.0511. The first-order valence-electron chi connectivity index (χ1n) is 8.79. The van der Waals surface area contributed by atoms with E-state index >= 15 is 0 Å². The van der Waals surface area contributed by atoms with E-state index in [2.05, 4.69) is 11.9 Å². The maximum absolute atomic E-state index is 12.3. The molecule has 3 nitrogen and oxygen atoms in total. The van der Waals surface area contributed by atoms with Crippen molar-refractivity contribution < 1.29 is 9.53 Å². The van der Waals surface area contributed by atoms with Gasteiger partial charge in [0.05, 0.1) is 6.04 Å². The number of hydrogen-bond acceptors (Lipinski definition) is 2. The number of hydrogen-bond donors (Lipinski definition) is 1. The third-order valence-electron chi connectivity index (χ3n) is 3.80. The Morgan fingerprint density at radius 1 is 1.04 bits per heavy atom. The van der Waals surface area contributed by atoms with E-state index in [0.29, 0.717) is 0 Å². The molecule has 1 amide bonds. The molecule has 0 radical (unpaired) electrons. The predicted molar refractivity (Wildman–Crippen MR) is 108 cm³/mol. The van der Waals surface area contributed by atoms with Gasteiger partial charge >= 0.3 is 6.09 Å². The Morgan fingerprint density at radius 3 is 2.15 bits per heavy atom. The van der Waals surface area contributed by atoms with E-state index in [1.54, 1.807) is 0 Å². The lowest BCUT2D eigenvalue weighted by atomic mass is 9.91. The summed E-state index contributed by atoms with van der Waals surface area (Å²) in [6.45, 7) is 9.52. The molecule has 0 aliphatic rings. The van der Waals surface area contributed by atoms with Crippen molar-refractivity contribution in [2.75, 3.05) is 0 Å². The lowest BCUT2D eigenvalue weighted by Crippen LogP contribution is -2.40. The van der Waals surface area contributed by atoms with E-state index in [0.717, 1.165) is 11.1 Å². The van der Waals surface area contributed by atoms with Crippen LogP contribution in [0.25, 0.3) is 6.08 Å². The minimum Gasteiger partial charge on any atom is -0.444 e. The highest BCUT2D eigenvalue weighted by Gasteiger charge is 2.23. The molecule has 0 aliphatic heterocycles. The Hall–Kier alpha value is -2.81. The van der Waals surface area contributed by atoms with Gasteiger partial charge in [0, 0.05) is 5.92 Å². The molecule has 0 spiro atoms. The molecule has 3 heteroatoms. The molecule has 2 aromatic carbocycles. The number of benzene rings is 2. The SMILES string of the molecule is C=C[C@H](c1ccccc1)[C@H](/C=C/c1ccccc1)NC(=O)OC(C)(C)C. The summed E-state index contributed by atoms with van der Waals surface area (Å²) in [5.74, 6) is -0.0660. The molecule has 2 rings (SSSR count). The molecule has 0 unspecified atom stereocenters. The quantitative estimate of drug-likeness (QED) is 0.693. The van der Waals surface area contributed by atoms with Crippen LogP contribution in [-0.4, -0.2) is 17.7 Å². The first kappa shape index (κ1) is 19.5. The summed E-state index contributed by atoms with van der Waals surface area (Å²) in [5, 5.41) is 2.97. The van der Waals surface area contributed by atoms with E-state index in [1.165, 1.54) is 0 Å². The number of alkyl carbamates (subject to hydrolysis) is 1. The molecule has 0 fully saturated rings. The van der Waals surface area contributed by atoms with Crippen LogP contribution in [0.15, 0.2) is 79.4 Å². The second-order valence-electron chi connectivity index (χ2n) is 7.11. The average molecular weight is 349 g/mol. The Kier molecular flexibility index (Phi) is 6.79. The van der Waals surface area contributed by atoms with Crippen molar-refractivity contribution >= 4 is 12.2 Å². The average Bonchev–Trinajstić information content (AvgIpc) is 2.60. The van der Waals surface area contributed by atoms with Crippen LogP contribution in [0, 0.1) is 0 Å². The zero-order chi connectivity index (χ0) is 19.0. The zero-order valence-electron chi connectivity index (χ0n) is 15.7. The van der Waals surface area contributed by atoms with E-state index < -0.39 is 11.7 Å². The molecule has 0 saturated heterocycles. The van der Waals surface area contributed by atoms with Gasteiger partial charge in [-0.05, 0) is 31.9 Å². The van der Waals surface area contributed by atoms with Gasteiger partial charge in [0.15, 0.2) is 0 Å². The van der Waals surface area contributed by atoms with Crippen LogP contribution in [0.2, 0.25) is 0 Å². The highest BCUT2D eigenvalue weighted by atomic mass is 16.6. The predicted octanol–water partition coefficient (Wildman–Crippen LogP) is 5.56. The Bertz CT molecular complexity index is 730. The van der Waals surface area contributed by atoms with E-state index in [1.807, 2.05) is 99.7 Å². The molecule has 0 saturated carbocycles. The van der Waals surface area contributed by atoms with Gasteiger partial charge in [-0.3, -0.25) is 0 Å². The molecule has 0 bridgehead atoms. The highest BCUT2D eigenvalue weighted by molar-refractivity contribution is 5.69. The minimum absolute atomic E-state index is 0.0660. The summed E-state index contributed by atoms with van der Waals surface area (Å²) in [5.41, 5.74) is 1.61. The molecule has 26 heavy (non-hydrogen) atoms. The molecular weight excluding hydrogens is 322 g/mol. The third kappa shape index (κ3) is 6.25. The number of ether oxygens (including phenoxy) is 1. The van der Waals surface area contributed by atoms with Crippen molar-refractivity contribution in [3.05, 3.63) is 90.5 Å². The fraction of sp³-hybridized carbons (Fsp3) is 0.261. The standard InChI is InChI=1S/C23H27NO2/c1-5-20(19-14-10-7-11-15-19)21(24-22(25)26-23(2,3)4)17-16-18-12-8-6-9-13-18/h5-17,20-21H,1H2,2-4H3,(H,24,25)/b17-16+/t20-,21+/m1/s1. The second kappa shape index (κ2) is 9.04. The monoisotopic (exact) mass is 349 g/mol. The lowest BCUT2D eigenvalue weighted by Gasteiger charge is -2.26. The van der Waals surface area contributed by atoms with Crippen molar-refractivity contribution in [3.63, 3.8) is 0 Å². The largest absolute Gasteiger partial charge is 0.444 e. The molecule has 136 valence electrons. The number of carbonyl (C=O) groups is 1. The highest BCUT2D eigenvalue weighted by Crippen LogP contribution is 2.23. The fourth-order valence-electron chi connectivity index (χ4n) is 2.65. The van der Waals surface area contributed by atoms with E-state index in [9.17, 15) is 4.79 Å². The van der Waals surface area contributed by atoms with Gasteiger partial charge in [-0.25, -0.2) is 4.79 Å². The van der Waals surface area contributed by atoms with Gasteiger partial charge in [-0.2, -0.15) is 0 Å². The maximum atomic E-state index is 12.3. The summed E-state index contributed by atoms with van der Waals surface area (Å²) in [6, 6.07) is 19.7. The topological polar surface area (TPSA) is 38.3 Å². The van der Waals surface area contributed by atoms with Crippen molar-refractivity contribution in [3.8, 4) is 0 Å². The Morgan fingerprint density at radius 2 is 1.62 bits per heavy atom. The first-order chi connectivity index (χ1) is 12.4. The van der Waals surface area contributed by atoms with Gasteiger partial charge in [-0.1, -0.05) is 78.9 Å². The number of carbonyl (C=O) groups excluding carboxylic acids is 1. The molecule has 0 aliphatic carbocycles. The van der Waals surface area contributed by atoms with Gasteiger partial charge in [0.2, 0.25) is 0 Å². The smallest absolute Gasteiger partial charge is 0.408 e. The summed E-state index contributed by atoms with van der Waals surface area (Å²) >= 11 is 0.